The van der Waals surface area contributed by atoms with Crippen LogP contribution in [0.25, 0.3) is 0 Å². The van der Waals surface area contributed by atoms with E-state index in [1.54, 1.807) is 0 Å². The van der Waals surface area contributed by atoms with E-state index in [1.807, 2.05) is 0 Å². The van der Waals surface area contributed by atoms with Crippen LogP contribution in [-0.4, -0.2) is 64.6 Å². The summed E-state index contributed by atoms with van der Waals surface area (Å²) in [6, 6.07) is 0. The van der Waals surface area contributed by atoms with Crippen molar-refractivity contribution in [1.82, 2.24) is 0 Å². The number of hydrogen-bond acceptors (Lipinski definition) is 5. The van der Waals surface area contributed by atoms with Crippen molar-refractivity contribution in [3.8, 4) is 0 Å². The molecule has 5 nitrogen and oxygen atoms in total. The van der Waals surface area contributed by atoms with Crippen LogP contribution in [0.1, 0.15) is 58.8 Å². The zero-order valence-electron chi connectivity index (χ0n) is 16.0. The third-order valence-electron chi connectivity index (χ3n) is 3.91. The van der Waals surface area contributed by atoms with Crippen LogP contribution in [0.5, 0.6) is 0 Å². The molecule has 1 atom stereocenters. The molecule has 0 spiro atoms. The van der Waals surface area contributed by atoms with Gasteiger partial charge in [0, 0.05) is 6.61 Å². The first kappa shape index (κ1) is 23.8. The molecule has 0 fully saturated rings. The lowest BCUT2D eigenvalue weighted by molar-refractivity contribution is -0.00643. The third-order valence-corrected chi connectivity index (χ3v) is 3.91. The Morgan fingerprint density at radius 2 is 1.12 bits per heavy atom. The second kappa shape index (κ2) is 20.8. The van der Waals surface area contributed by atoms with Gasteiger partial charge in [0.2, 0.25) is 0 Å². The Morgan fingerprint density at radius 3 is 1.67 bits per heavy atom. The lowest BCUT2D eigenvalue weighted by Gasteiger charge is -2.11. The van der Waals surface area contributed by atoms with Crippen molar-refractivity contribution in [3.05, 3.63) is 0 Å². The Bertz CT molecular complexity index is 226. The van der Waals surface area contributed by atoms with Crippen LogP contribution in [0, 0.1) is 5.92 Å². The molecule has 1 unspecified atom stereocenters. The zero-order valence-corrected chi connectivity index (χ0v) is 16.0. The number of ether oxygens (including phenoxy) is 4. The van der Waals surface area contributed by atoms with E-state index in [-0.39, 0.29) is 6.61 Å². The lowest BCUT2D eigenvalue weighted by Crippen LogP contribution is -2.13. The molecule has 0 amide bonds. The molecule has 0 saturated heterocycles. The van der Waals surface area contributed by atoms with E-state index in [4.69, 9.17) is 24.1 Å². The molecule has 0 aromatic rings. The van der Waals surface area contributed by atoms with Crippen molar-refractivity contribution in [2.75, 3.05) is 59.5 Å². The molecule has 0 radical (unpaired) electrons. The van der Waals surface area contributed by atoms with E-state index in [0.29, 0.717) is 46.2 Å². The average Bonchev–Trinajstić information content (AvgIpc) is 2.59. The fraction of sp³-hybridized carbons (Fsp3) is 1.00. The third kappa shape index (κ3) is 19.8. The maximum Gasteiger partial charge on any atom is 0.0701 e. The average molecular weight is 349 g/mol. The molecule has 0 rings (SSSR count). The Balaban J connectivity index is 3.08. The van der Waals surface area contributed by atoms with Crippen molar-refractivity contribution >= 4 is 0 Å². The molecule has 146 valence electrons. The summed E-state index contributed by atoms with van der Waals surface area (Å²) in [5.41, 5.74) is 0. The summed E-state index contributed by atoms with van der Waals surface area (Å²) in [4.78, 5) is 0. The van der Waals surface area contributed by atoms with Gasteiger partial charge in [0.05, 0.1) is 52.9 Å². The van der Waals surface area contributed by atoms with Gasteiger partial charge in [0.25, 0.3) is 0 Å². The van der Waals surface area contributed by atoms with E-state index in [2.05, 4.69) is 13.8 Å². The maximum absolute atomic E-state index is 8.53. The monoisotopic (exact) mass is 348 g/mol. The molecule has 0 heterocycles. The van der Waals surface area contributed by atoms with Gasteiger partial charge in [-0.15, -0.1) is 0 Å². The highest BCUT2D eigenvalue weighted by Crippen LogP contribution is 2.14. The predicted octanol–water partition coefficient (Wildman–Crippen LogP) is 3.43. The predicted molar refractivity (Wildman–Crippen MR) is 97.5 cm³/mol. The second-order valence-corrected chi connectivity index (χ2v) is 6.27. The van der Waals surface area contributed by atoms with Crippen molar-refractivity contribution in [2.24, 2.45) is 5.92 Å². The van der Waals surface area contributed by atoms with Crippen LogP contribution in [-0.2, 0) is 18.9 Å². The number of hydrogen-bond donors (Lipinski definition) is 1. The summed E-state index contributed by atoms with van der Waals surface area (Å²) < 4.78 is 21.5. The van der Waals surface area contributed by atoms with Crippen LogP contribution in [0.15, 0.2) is 0 Å². The summed E-state index contributed by atoms with van der Waals surface area (Å²) in [7, 11) is 0. The lowest BCUT2D eigenvalue weighted by atomic mass is 10.00. The standard InChI is InChI=1S/C19H40O5/c1-3-4-5-6-7-8-19(2)9-11-21-13-15-23-17-18-24-16-14-22-12-10-20/h19-20H,3-18H2,1-2H3. The van der Waals surface area contributed by atoms with Crippen LogP contribution < -0.4 is 0 Å². The summed E-state index contributed by atoms with van der Waals surface area (Å²) >= 11 is 0. The second-order valence-electron chi connectivity index (χ2n) is 6.27. The molecule has 0 saturated carbocycles. The van der Waals surface area contributed by atoms with Gasteiger partial charge >= 0.3 is 0 Å². The summed E-state index contributed by atoms with van der Waals surface area (Å²) in [6.45, 7) is 9.31. The first-order valence-electron chi connectivity index (χ1n) is 9.73. The molecule has 1 N–H and O–H groups in total. The highest BCUT2D eigenvalue weighted by Gasteiger charge is 2.02. The summed E-state index contributed by atoms with van der Waals surface area (Å²) in [5.74, 6) is 0.758. The maximum atomic E-state index is 8.53. The number of aliphatic hydroxyl groups is 1. The highest BCUT2D eigenvalue weighted by molar-refractivity contribution is 4.54. The molecule has 24 heavy (non-hydrogen) atoms. The van der Waals surface area contributed by atoms with Crippen LogP contribution >= 0.6 is 0 Å². The van der Waals surface area contributed by atoms with E-state index >= 15 is 0 Å². The van der Waals surface area contributed by atoms with Gasteiger partial charge in [0.15, 0.2) is 0 Å². The van der Waals surface area contributed by atoms with Crippen molar-refractivity contribution < 1.29 is 24.1 Å². The van der Waals surface area contributed by atoms with Gasteiger partial charge in [-0.3, -0.25) is 0 Å². The molecule has 0 aliphatic heterocycles. The van der Waals surface area contributed by atoms with Crippen LogP contribution in [0.2, 0.25) is 0 Å². The zero-order chi connectivity index (χ0) is 17.7. The first-order valence-corrected chi connectivity index (χ1v) is 9.73. The normalized spacial score (nSPS) is 12.6. The van der Waals surface area contributed by atoms with E-state index in [1.165, 1.54) is 38.5 Å². The molecular formula is C19H40O5. The van der Waals surface area contributed by atoms with Gasteiger partial charge in [-0.2, -0.15) is 0 Å². The first-order chi connectivity index (χ1) is 11.8. The molecule has 5 heteroatoms. The molecule has 0 aromatic carbocycles. The van der Waals surface area contributed by atoms with Crippen LogP contribution in [0.4, 0.5) is 0 Å². The Kier molecular flexibility index (Phi) is 20.7. The summed E-state index contributed by atoms with van der Waals surface area (Å²) in [5, 5.41) is 8.53. The quantitative estimate of drug-likeness (QED) is 0.342. The minimum Gasteiger partial charge on any atom is -0.394 e. The Labute approximate surface area is 149 Å². The van der Waals surface area contributed by atoms with E-state index in [0.717, 1.165) is 18.9 Å². The van der Waals surface area contributed by atoms with Gasteiger partial charge < -0.3 is 24.1 Å². The highest BCUT2D eigenvalue weighted by atomic mass is 16.6. The van der Waals surface area contributed by atoms with Crippen LogP contribution in [0.3, 0.4) is 0 Å². The van der Waals surface area contributed by atoms with Gasteiger partial charge in [-0.1, -0.05) is 52.4 Å². The number of aliphatic hydroxyl groups excluding tert-OH is 1. The topological polar surface area (TPSA) is 57.2 Å². The number of unbranched alkanes of at least 4 members (excludes halogenated alkanes) is 4. The molecule has 0 aromatic heterocycles. The van der Waals surface area contributed by atoms with Crippen molar-refractivity contribution in [3.63, 3.8) is 0 Å². The minimum absolute atomic E-state index is 0.0564. The Hall–Kier alpha value is -0.200. The number of rotatable bonds is 20. The Morgan fingerprint density at radius 1 is 0.625 bits per heavy atom. The summed E-state index contributed by atoms with van der Waals surface area (Å²) in [6.07, 6.45) is 9.28. The molecular weight excluding hydrogens is 308 g/mol. The molecule has 0 aliphatic rings. The van der Waals surface area contributed by atoms with Gasteiger partial charge in [0.1, 0.15) is 0 Å². The fourth-order valence-electron chi connectivity index (χ4n) is 2.35. The fourth-order valence-corrected chi connectivity index (χ4v) is 2.35. The largest absolute Gasteiger partial charge is 0.394 e. The SMILES string of the molecule is CCCCCCCC(C)CCOCCOCCOCCOCCO. The van der Waals surface area contributed by atoms with Crippen molar-refractivity contribution in [1.29, 1.82) is 0 Å². The van der Waals surface area contributed by atoms with Gasteiger partial charge in [-0.25, -0.2) is 0 Å². The van der Waals surface area contributed by atoms with E-state index < -0.39 is 0 Å². The smallest absolute Gasteiger partial charge is 0.0701 e. The molecule has 0 bridgehead atoms. The minimum atomic E-state index is 0.0564. The molecule has 0 aliphatic carbocycles. The van der Waals surface area contributed by atoms with Gasteiger partial charge in [-0.05, 0) is 12.3 Å². The van der Waals surface area contributed by atoms with Crippen molar-refractivity contribution in [2.45, 2.75) is 58.8 Å². The van der Waals surface area contributed by atoms with E-state index in [9.17, 15) is 0 Å².